The van der Waals surface area contributed by atoms with Crippen molar-refractivity contribution >= 4 is 29.7 Å². The second kappa shape index (κ2) is 8.34. The Morgan fingerprint density at radius 2 is 1.80 bits per heavy atom. The van der Waals surface area contributed by atoms with Gasteiger partial charge in [-0.25, -0.2) is 4.79 Å². The fourth-order valence-electron chi connectivity index (χ4n) is 2.11. The van der Waals surface area contributed by atoms with Crippen molar-refractivity contribution in [2.45, 2.75) is 23.1 Å². The monoisotopic (exact) mass is 360 g/mol. The van der Waals surface area contributed by atoms with Gasteiger partial charge in [-0.05, 0) is 29.8 Å². The summed E-state index contributed by atoms with van der Waals surface area (Å²) < 4.78 is 9.95. The highest BCUT2D eigenvalue weighted by molar-refractivity contribution is 7.99. The Hall–Kier alpha value is -2.80. The minimum Gasteiger partial charge on any atom is -0.481 e. The molecule has 0 unspecified atom stereocenters. The maximum absolute atomic E-state index is 11.9. The normalized spacial score (nSPS) is 10.2. The van der Waals surface area contributed by atoms with E-state index in [1.54, 1.807) is 42.5 Å². The molecule has 0 radical (unpaired) electrons. The molecule has 6 nitrogen and oxygen atoms in total. The molecule has 130 valence electrons. The topological polar surface area (TPSA) is 89.9 Å². The third-order valence-corrected chi connectivity index (χ3v) is 4.24. The Morgan fingerprint density at radius 1 is 1.08 bits per heavy atom. The highest BCUT2D eigenvalue weighted by atomic mass is 32.2. The van der Waals surface area contributed by atoms with Crippen LogP contribution >= 0.6 is 11.8 Å². The number of hydrogen-bond donors (Lipinski definition) is 1. The van der Waals surface area contributed by atoms with Gasteiger partial charge in [-0.2, -0.15) is 0 Å². The number of esters is 2. The van der Waals surface area contributed by atoms with Crippen molar-refractivity contribution in [2.24, 2.45) is 0 Å². The molecule has 2 aromatic carbocycles. The zero-order valence-corrected chi connectivity index (χ0v) is 14.5. The third-order valence-electron chi connectivity index (χ3n) is 3.13. The van der Waals surface area contributed by atoms with Crippen LogP contribution in [0.4, 0.5) is 0 Å². The van der Waals surface area contributed by atoms with Crippen molar-refractivity contribution in [3.05, 3.63) is 53.6 Å². The molecule has 2 aromatic rings. The van der Waals surface area contributed by atoms with Crippen LogP contribution in [-0.4, -0.2) is 30.1 Å². The molecule has 0 aliphatic heterocycles. The van der Waals surface area contributed by atoms with Gasteiger partial charge in [-0.15, -0.1) is 0 Å². The molecule has 0 saturated carbocycles. The lowest BCUT2D eigenvalue weighted by Crippen LogP contribution is -2.05. The van der Waals surface area contributed by atoms with Crippen LogP contribution < -0.4 is 4.74 Å². The molecule has 2 rings (SSSR count). The zero-order chi connectivity index (χ0) is 18.4. The summed E-state index contributed by atoms with van der Waals surface area (Å²) in [4.78, 5) is 35.3. The van der Waals surface area contributed by atoms with Crippen LogP contribution in [0.15, 0.2) is 52.3 Å². The summed E-state index contributed by atoms with van der Waals surface area (Å²) in [6.45, 7) is 1.28. The largest absolute Gasteiger partial charge is 0.481 e. The SMILES string of the molecule is COC(=O)c1ccccc1Sc1cc(CC(=O)O)ccc1OC(C)=O. The number of carboxylic acid groups (broad SMARTS) is 1. The van der Waals surface area contributed by atoms with Crippen LogP contribution in [-0.2, 0) is 20.7 Å². The van der Waals surface area contributed by atoms with Crippen molar-refractivity contribution in [1.29, 1.82) is 0 Å². The molecule has 7 heteroatoms. The second-order valence-electron chi connectivity index (χ2n) is 5.04. The number of benzene rings is 2. The Kier molecular flexibility index (Phi) is 6.19. The van der Waals surface area contributed by atoms with Gasteiger partial charge in [-0.1, -0.05) is 30.0 Å². The molecular weight excluding hydrogens is 344 g/mol. The van der Waals surface area contributed by atoms with Gasteiger partial charge in [0.1, 0.15) is 5.75 Å². The molecule has 0 heterocycles. The highest BCUT2D eigenvalue weighted by Crippen LogP contribution is 2.37. The van der Waals surface area contributed by atoms with E-state index in [0.717, 1.165) is 0 Å². The van der Waals surface area contributed by atoms with E-state index in [4.69, 9.17) is 14.6 Å². The Balaban J connectivity index is 2.44. The van der Waals surface area contributed by atoms with Crippen molar-refractivity contribution < 1.29 is 29.0 Å². The Morgan fingerprint density at radius 3 is 2.44 bits per heavy atom. The van der Waals surface area contributed by atoms with Crippen LogP contribution in [0.2, 0.25) is 0 Å². The van der Waals surface area contributed by atoms with Crippen molar-refractivity contribution in [1.82, 2.24) is 0 Å². The standard InChI is InChI=1S/C18H16O6S/c1-11(19)24-14-8-7-12(10-17(20)21)9-16(14)25-15-6-4-3-5-13(15)18(22)23-2/h3-9H,10H2,1-2H3,(H,20,21). The van der Waals surface area contributed by atoms with Gasteiger partial charge >= 0.3 is 17.9 Å². The van der Waals surface area contributed by atoms with Gasteiger partial charge in [0.2, 0.25) is 0 Å². The molecule has 1 N–H and O–H groups in total. The van der Waals surface area contributed by atoms with Crippen molar-refractivity contribution in [2.75, 3.05) is 7.11 Å². The van der Waals surface area contributed by atoms with Crippen molar-refractivity contribution in [3.63, 3.8) is 0 Å². The minimum absolute atomic E-state index is 0.160. The van der Waals surface area contributed by atoms with E-state index in [2.05, 4.69) is 0 Å². The molecule has 0 aromatic heterocycles. The Labute approximate surface area is 148 Å². The number of rotatable bonds is 6. The molecule has 0 amide bonds. The number of hydrogen-bond acceptors (Lipinski definition) is 6. The Bertz CT molecular complexity index is 815. The molecule has 0 fully saturated rings. The summed E-state index contributed by atoms with van der Waals surface area (Å²) in [5.74, 6) is -1.65. The van der Waals surface area contributed by atoms with Crippen LogP contribution in [0, 0.1) is 0 Å². The average molecular weight is 360 g/mol. The summed E-state index contributed by atoms with van der Waals surface area (Å²) in [6, 6.07) is 11.6. The number of ether oxygens (including phenoxy) is 2. The van der Waals surface area contributed by atoms with E-state index in [0.29, 0.717) is 26.7 Å². The first kappa shape index (κ1) is 18.5. The van der Waals surface area contributed by atoms with Crippen LogP contribution in [0.1, 0.15) is 22.8 Å². The van der Waals surface area contributed by atoms with E-state index >= 15 is 0 Å². The van der Waals surface area contributed by atoms with Crippen LogP contribution in [0.5, 0.6) is 5.75 Å². The molecule has 0 saturated heterocycles. The predicted molar refractivity (Wildman–Crippen MR) is 91.0 cm³/mol. The zero-order valence-electron chi connectivity index (χ0n) is 13.6. The van der Waals surface area contributed by atoms with Gasteiger partial charge in [-0.3, -0.25) is 9.59 Å². The van der Waals surface area contributed by atoms with Gasteiger partial charge in [0, 0.05) is 11.8 Å². The number of carbonyl (C=O) groups is 3. The van der Waals surface area contributed by atoms with E-state index in [1.807, 2.05) is 0 Å². The van der Waals surface area contributed by atoms with E-state index in [9.17, 15) is 14.4 Å². The van der Waals surface area contributed by atoms with E-state index in [-0.39, 0.29) is 6.42 Å². The van der Waals surface area contributed by atoms with Gasteiger partial charge in [0.25, 0.3) is 0 Å². The summed E-state index contributed by atoms with van der Waals surface area (Å²) in [5, 5.41) is 8.96. The second-order valence-corrected chi connectivity index (χ2v) is 6.12. The number of carbonyl (C=O) groups excluding carboxylic acids is 2. The molecule has 0 bridgehead atoms. The summed E-state index contributed by atoms with van der Waals surface area (Å²) >= 11 is 1.20. The molecular formula is C18H16O6S. The maximum atomic E-state index is 11.9. The number of methoxy groups -OCH3 is 1. The van der Waals surface area contributed by atoms with Gasteiger partial charge < -0.3 is 14.6 Å². The van der Waals surface area contributed by atoms with Gasteiger partial charge in [0.15, 0.2) is 0 Å². The molecule has 25 heavy (non-hydrogen) atoms. The predicted octanol–water partition coefficient (Wildman–Crippen LogP) is 3.18. The molecule has 0 atom stereocenters. The fraction of sp³-hybridized carbons (Fsp3) is 0.167. The number of aliphatic carboxylic acids is 1. The molecule has 0 spiro atoms. The lowest BCUT2D eigenvalue weighted by molar-refractivity contribution is -0.136. The summed E-state index contributed by atoms with van der Waals surface area (Å²) in [7, 11) is 1.29. The fourth-order valence-corrected chi connectivity index (χ4v) is 3.17. The lowest BCUT2D eigenvalue weighted by Gasteiger charge is -2.12. The van der Waals surface area contributed by atoms with Crippen LogP contribution in [0.25, 0.3) is 0 Å². The molecule has 0 aliphatic carbocycles. The maximum Gasteiger partial charge on any atom is 0.339 e. The smallest absolute Gasteiger partial charge is 0.339 e. The quantitative estimate of drug-likeness (QED) is 0.625. The third kappa shape index (κ3) is 5.09. The van der Waals surface area contributed by atoms with E-state index in [1.165, 1.54) is 25.8 Å². The minimum atomic E-state index is -0.967. The number of carboxylic acids is 1. The first-order chi connectivity index (χ1) is 11.9. The highest BCUT2D eigenvalue weighted by Gasteiger charge is 2.16. The lowest BCUT2D eigenvalue weighted by atomic mass is 10.1. The van der Waals surface area contributed by atoms with Gasteiger partial charge in [0.05, 0.1) is 24.0 Å². The average Bonchev–Trinajstić information content (AvgIpc) is 2.56. The van der Waals surface area contributed by atoms with E-state index < -0.39 is 17.9 Å². The summed E-state index contributed by atoms with van der Waals surface area (Å²) in [5.41, 5.74) is 0.925. The summed E-state index contributed by atoms with van der Waals surface area (Å²) in [6.07, 6.45) is -0.160. The first-order valence-electron chi connectivity index (χ1n) is 7.29. The molecule has 0 aliphatic rings. The first-order valence-corrected chi connectivity index (χ1v) is 8.10. The van der Waals surface area contributed by atoms with Crippen LogP contribution in [0.3, 0.4) is 0 Å². The van der Waals surface area contributed by atoms with Crippen molar-refractivity contribution in [3.8, 4) is 5.75 Å².